The fraction of sp³-hybridized carbons (Fsp3) is 0.545. The van der Waals surface area contributed by atoms with Gasteiger partial charge in [-0.25, -0.2) is 4.68 Å². The Morgan fingerprint density at radius 3 is 2.50 bits per heavy atom. The number of carbonyl (C=O) groups is 1. The largest absolute Gasteiger partial charge is 0.348 e. The molecule has 0 radical (unpaired) electrons. The zero-order chi connectivity index (χ0) is 22.1. The maximum Gasteiger partial charge on any atom is 0.278 e. The molecule has 1 aromatic heterocycles. The number of likely N-dealkylation sites (N-methyl/N-ethyl adjacent to an activating group) is 1. The van der Waals surface area contributed by atoms with Crippen LogP contribution in [-0.4, -0.2) is 65.9 Å². The summed E-state index contributed by atoms with van der Waals surface area (Å²) in [7, 11) is 5.73. The van der Waals surface area contributed by atoms with Crippen LogP contribution < -0.4 is 10.5 Å². The Balaban J connectivity index is 1.90. The molecule has 30 heavy (non-hydrogen) atoms. The third-order valence-electron chi connectivity index (χ3n) is 5.37. The molecule has 0 unspecified atom stereocenters. The molecule has 0 aliphatic carbocycles. The predicted octanol–water partition coefficient (Wildman–Crippen LogP) is 0.109. The van der Waals surface area contributed by atoms with Gasteiger partial charge in [0.2, 0.25) is 0 Å². The molecule has 1 atom stereocenters. The average molecular weight is 418 g/mol. The molecule has 2 aromatic rings. The lowest BCUT2D eigenvalue weighted by Gasteiger charge is -2.26. The van der Waals surface area contributed by atoms with Crippen molar-refractivity contribution in [2.75, 3.05) is 33.8 Å². The minimum absolute atomic E-state index is 0.0165. The first-order valence-electron chi connectivity index (χ1n) is 10.3. The van der Waals surface area contributed by atoms with E-state index < -0.39 is 5.79 Å². The summed E-state index contributed by atoms with van der Waals surface area (Å²) in [4.78, 5) is 29.0. The van der Waals surface area contributed by atoms with Crippen LogP contribution >= 0.6 is 0 Å². The van der Waals surface area contributed by atoms with Crippen LogP contribution in [0.5, 0.6) is 0 Å². The van der Waals surface area contributed by atoms with Gasteiger partial charge >= 0.3 is 0 Å². The standard InChI is InChI=1S/C22H32N4O4/c1-16-19(21(28)26(24(16)6)17-10-8-7-9-11-17)13-25(20(27)14-23(4)5)12-18-15-29-22(2,3)30-18/h7-11,18H,12-15H2,1-6H3/p+1/t18-/m0/s1. The maximum atomic E-state index is 13.3. The Bertz CT molecular complexity index is 946. The molecule has 1 amide bonds. The molecule has 0 saturated carbocycles. The first-order chi connectivity index (χ1) is 14.1. The van der Waals surface area contributed by atoms with Crippen LogP contribution in [-0.2, 0) is 27.9 Å². The van der Waals surface area contributed by atoms with Crippen molar-refractivity contribution in [1.82, 2.24) is 14.3 Å². The molecule has 1 N–H and O–H groups in total. The van der Waals surface area contributed by atoms with E-state index in [-0.39, 0.29) is 24.1 Å². The molecule has 1 fully saturated rings. The van der Waals surface area contributed by atoms with Crippen LogP contribution in [0.1, 0.15) is 25.1 Å². The number of hydrogen-bond donors (Lipinski definition) is 1. The summed E-state index contributed by atoms with van der Waals surface area (Å²) in [5, 5.41) is 0. The highest BCUT2D eigenvalue weighted by molar-refractivity contribution is 5.77. The molecule has 2 heterocycles. The highest BCUT2D eigenvalue weighted by Crippen LogP contribution is 2.23. The summed E-state index contributed by atoms with van der Waals surface area (Å²) in [5.74, 6) is -0.674. The summed E-state index contributed by atoms with van der Waals surface area (Å²) in [6, 6.07) is 9.52. The number of nitrogens with one attached hydrogen (secondary N) is 1. The normalized spacial score (nSPS) is 18.2. The number of carbonyl (C=O) groups excluding carboxylic acids is 1. The lowest BCUT2D eigenvalue weighted by atomic mass is 10.2. The highest BCUT2D eigenvalue weighted by atomic mass is 16.7. The molecule has 8 nitrogen and oxygen atoms in total. The summed E-state index contributed by atoms with van der Waals surface area (Å²) in [5.41, 5.74) is 2.13. The fourth-order valence-corrected chi connectivity index (χ4v) is 3.76. The van der Waals surface area contributed by atoms with Crippen molar-refractivity contribution < 1.29 is 19.2 Å². The van der Waals surface area contributed by atoms with Gasteiger partial charge in [-0.15, -0.1) is 0 Å². The minimum Gasteiger partial charge on any atom is -0.348 e. The van der Waals surface area contributed by atoms with Gasteiger partial charge in [0.25, 0.3) is 11.5 Å². The van der Waals surface area contributed by atoms with Gasteiger partial charge in [0, 0.05) is 19.3 Å². The number of ether oxygens (including phenoxy) is 2. The topological polar surface area (TPSA) is 70.1 Å². The molecule has 164 valence electrons. The summed E-state index contributed by atoms with van der Waals surface area (Å²) in [6.07, 6.45) is -0.221. The number of para-hydroxylation sites is 1. The molecular formula is C22H33N4O4+. The number of quaternary nitrogens is 1. The van der Waals surface area contributed by atoms with E-state index in [0.717, 1.165) is 16.3 Å². The van der Waals surface area contributed by atoms with Crippen LogP contribution in [0, 0.1) is 6.92 Å². The van der Waals surface area contributed by atoms with Crippen LogP contribution in [0.4, 0.5) is 0 Å². The molecule has 0 spiro atoms. The van der Waals surface area contributed by atoms with E-state index >= 15 is 0 Å². The van der Waals surface area contributed by atoms with Crippen LogP contribution in [0.25, 0.3) is 5.69 Å². The maximum absolute atomic E-state index is 13.3. The lowest BCUT2D eigenvalue weighted by Crippen LogP contribution is -3.07. The summed E-state index contributed by atoms with van der Waals surface area (Å²) < 4.78 is 15.1. The number of benzene rings is 1. The summed E-state index contributed by atoms with van der Waals surface area (Å²) >= 11 is 0. The van der Waals surface area contributed by atoms with Gasteiger partial charge in [-0.05, 0) is 32.9 Å². The van der Waals surface area contributed by atoms with E-state index in [1.165, 1.54) is 0 Å². The Hall–Kier alpha value is -2.42. The number of nitrogens with zero attached hydrogens (tertiary/aromatic N) is 3. The average Bonchev–Trinajstić information content (AvgIpc) is 3.12. The van der Waals surface area contributed by atoms with Crippen molar-refractivity contribution in [2.45, 2.75) is 39.2 Å². The zero-order valence-corrected chi connectivity index (χ0v) is 18.8. The number of aromatic nitrogens is 2. The van der Waals surface area contributed by atoms with Gasteiger partial charge in [-0.3, -0.25) is 14.3 Å². The predicted molar refractivity (Wildman–Crippen MR) is 114 cm³/mol. The molecular weight excluding hydrogens is 384 g/mol. The first-order valence-corrected chi connectivity index (χ1v) is 10.3. The molecule has 1 aliphatic rings. The van der Waals surface area contributed by atoms with Gasteiger partial charge < -0.3 is 19.3 Å². The monoisotopic (exact) mass is 417 g/mol. The van der Waals surface area contributed by atoms with Gasteiger partial charge in [0.15, 0.2) is 12.3 Å². The smallest absolute Gasteiger partial charge is 0.278 e. The quantitative estimate of drug-likeness (QED) is 0.694. The Kier molecular flexibility index (Phi) is 6.50. The van der Waals surface area contributed by atoms with E-state index in [4.69, 9.17) is 9.47 Å². The van der Waals surface area contributed by atoms with Gasteiger partial charge in [-0.1, -0.05) is 18.2 Å². The van der Waals surface area contributed by atoms with E-state index in [0.29, 0.717) is 25.3 Å². The van der Waals surface area contributed by atoms with Crippen molar-refractivity contribution in [1.29, 1.82) is 0 Å². The molecule has 1 saturated heterocycles. The Morgan fingerprint density at radius 1 is 1.27 bits per heavy atom. The third-order valence-corrected chi connectivity index (χ3v) is 5.37. The molecule has 1 aromatic carbocycles. The second-order valence-electron chi connectivity index (χ2n) is 8.65. The van der Waals surface area contributed by atoms with E-state index in [1.807, 2.05) is 76.9 Å². The highest BCUT2D eigenvalue weighted by Gasteiger charge is 2.35. The van der Waals surface area contributed by atoms with E-state index in [9.17, 15) is 9.59 Å². The summed E-state index contributed by atoms with van der Waals surface area (Å²) in [6.45, 7) is 7.03. The molecule has 8 heteroatoms. The van der Waals surface area contributed by atoms with Crippen molar-refractivity contribution in [3.05, 3.63) is 51.9 Å². The molecule has 1 aliphatic heterocycles. The van der Waals surface area contributed by atoms with Crippen molar-refractivity contribution in [3.63, 3.8) is 0 Å². The third kappa shape index (κ3) is 4.83. The van der Waals surface area contributed by atoms with Crippen LogP contribution in [0.15, 0.2) is 35.1 Å². The SMILES string of the molecule is Cc1c(CN(C[C@H]2COC(C)(C)O2)C(=O)C[NH+](C)C)c(=O)n(-c2ccccc2)n1C. The van der Waals surface area contributed by atoms with Gasteiger partial charge in [-0.2, -0.15) is 0 Å². The molecule has 3 rings (SSSR count). The Labute approximate surface area is 177 Å². The van der Waals surface area contributed by atoms with E-state index in [1.54, 1.807) is 9.58 Å². The number of amides is 1. The Morgan fingerprint density at radius 2 is 1.93 bits per heavy atom. The second kappa shape index (κ2) is 8.75. The number of rotatable bonds is 7. The number of hydrogen-bond acceptors (Lipinski definition) is 4. The lowest BCUT2D eigenvalue weighted by molar-refractivity contribution is -0.849. The fourth-order valence-electron chi connectivity index (χ4n) is 3.76. The van der Waals surface area contributed by atoms with E-state index in [2.05, 4.69) is 0 Å². The van der Waals surface area contributed by atoms with Crippen molar-refractivity contribution >= 4 is 5.91 Å². The van der Waals surface area contributed by atoms with Gasteiger partial charge in [0.1, 0.15) is 6.10 Å². The molecule has 0 bridgehead atoms. The zero-order valence-electron chi connectivity index (χ0n) is 18.8. The van der Waals surface area contributed by atoms with Crippen LogP contribution in [0.3, 0.4) is 0 Å². The second-order valence-corrected chi connectivity index (χ2v) is 8.65. The van der Waals surface area contributed by atoms with Crippen molar-refractivity contribution in [3.8, 4) is 5.69 Å². The first kappa shape index (κ1) is 22.3. The minimum atomic E-state index is -0.658. The van der Waals surface area contributed by atoms with Gasteiger partial charge in [0.05, 0.1) is 38.5 Å². The van der Waals surface area contributed by atoms with Crippen LogP contribution in [0.2, 0.25) is 0 Å². The van der Waals surface area contributed by atoms with Crippen molar-refractivity contribution in [2.24, 2.45) is 7.05 Å².